The van der Waals surface area contributed by atoms with Crippen molar-refractivity contribution in [3.8, 4) is 5.75 Å². The summed E-state index contributed by atoms with van der Waals surface area (Å²) in [6.45, 7) is 4.43. The average molecular weight is 263 g/mol. The van der Waals surface area contributed by atoms with Gasteiger partial charge in [0.05, 0.1) is 7.11 Å². The number of hydrogen-bond acceptors (Lipinski definition) is 6. The van der Waals surface area contributed by atoms with Crippen LogP contribution in [0.1, 0.15) is 19.3 Å². The van der Waals surface area contributed by atoms with Gasteiger partial charge >= 0.3 is 0 Å². The number of nitrogens with zero attached hydrogens (tertiary/aromatic N) is 4. The first-order valence-electron chi connectivity index (χ1n) is 6.93. The van der Waals surface area contributed by atoms with E-state index >= 15 is 0 Å². The fourth-order valence-corrected chi connectivity index (χ4v) is 3.20. The Hall–Kier alpha value is -1.56. The predicted molar refractivity (Wildman–Crippen MR) is 74.4 cm³/mol. The molecule has 2 N–H and O–H groups in total. The zero-order chi connectivity index (χ0) is 13.2. The lowest BCUT2D eigenvalue weighted by atomic mass is 10.2. The monoisotopic (exact) mass is 263 g/mol. The minimum atomic E-state index is 0.417. The van der Waals surface area contributed by atoms with Crippen LogP contribution in [0.15, 0.2) is 6.33 Å². The van der Waals surface area contributed by atoms with Crippen molar-refractivity contribution < 1.29 is 4.74 Å². The highest BCUT2D eigenvalue weighted by Gasteiger charge is 2.30. The molecule has 3 heterocycles. The number of anilines is 2. The molecule has 0 radical (unpaired) electrons. The summed E-state index contributed by atoms with van der Waals surface area (Å²) in [6.07, 6.45) is 5.26. The molecule has 2 saturated heterocycles. The van der Waals surface area contributed by atoms with Crippen LogP contribution in [-0.4, -0.2) is 54.2 Å². The van der Waals surface area contributed by atoms with Crippen LogP contribution in [-0.2, 0) is 0 Å². The number of rotatable bonds is 2. The number of hydrogen-bond donors (Lipinski definition) is 1. The van der Waals surface area contributed by atoms with Crippen LogP contribution in [0.4, 0.5) is 11.6 Å². The van der Waals surface area contributed by atoms with E-state index in [1.54, 1.807) is 7.11 Å². The van der Waals surface area contributed by atoms with E-state index in [2.05, 4.69) is 19.8 Å². The smallest absolute Gasteiger partial charge is 0.204 e. The summed E-state index contributed by atoms with van der Waals surface area (Å²) in [7, 11) is 1.62. The van der Waals surface area contributed by atoms with E-state index in [9.17, 15) is 0 Å². The second kappa shape index (κ2) is 5.21. The minimum absolute atomic E-state index is 0.417. The molecule has 3 rings (SSSR count). The van der Waals surface area contributed by atoms with Crippen LogP contribution in [0.5, 0.6) is 5.75 Å². The molecule has 1 atom stereocenters. The summed E-state index contributed by atoms with van der Waals surface area (Å²) >= 11 is 0. The van der Waals surface area contributed by atoms with E-state index in [1.807, 2.05) is 0 Å². The van der Waals surface area contributed by atoms with Gasteiger partial charge in [0.25, 0.3) is 0 Å². The molecular formula is C13H21N5O. The fraction of sp³-hybridized carbons (Fsp3) is 0.692. The molecule has 0 spiro atoms. The van der Waals surface area contributed by atoms with Crippen molar-refractivity contribution in [1.29, 1.82) is 0 Å². The molecule has 0 aromatic carbocycles. The molecule has 19 heavy (non-hydrogen) atoms. The van der Waals surface area contributed by atoms with Gasteiger partial charge in [0.1, 0.15) is 6.33 Å². The second-order valence-electron chi connectivity index (χ2n) is 5.25. The predicted octanol–water partition coefficient (Wildman–Crippen LogP) is 0.742. The molecule has 1 unspecified atom stereocenters. The van der Waals surface area contributed by atoms with Crippen molar-refractivity contribution in [3.63, 3.8) is 0 Å². The van der Waals surface area contributed by atoms with E-state index in [4.69, 9.17) is 10.5 Å². The van der Waals surface area contributed by atoms with E-state index in [0.29, 0.717) is 17.6 Å². The standard InChI is InChI=1S/C13H21N5O/c1-19-11-12(14)15-9-16-13(11)18-7-3-6-17-5-2-4-10(17)8-18/h9-10H,2-8H2,1H3,(H2,14,15,16). The van der Waals surface area contributed by atoms with Gasteiger partial charge in [-0.1, -0.05) is 0 Å². The summed E-state index contributed by atoms with van der Waals surface area (Å²) in [6, 6.07) is 0.642. The molecule has 0 amide bonds. The van der Waals surface area contributed by atoms with Crippen LogP contribution in [0.3, 0.4) is 0 Å². The maximum atomic E-state index is 5.87. The molecule has 1 aromatic heterocycles. The molecular weight excluding hydrogens is 242 g/mol. The highest BCUT2D eigenvalue weighted by molar-refractivity contribution is 5.62. The fourth-order valence-electron chi connectivity index (χ4n) is 3.20. The third-order valence-corrected chi connectivity index (χ3v) is 4.12. The lowest BCUT2D eigenvalue weighted by Crippen LogP contribution is -2.37. The Morgan fingerprint density at radius 2 is 2.11 bits per heavy atom. The van der Waals surface area contributed by atoms with Gasteiger partial charge in [0.2, 0.25) is 5.75 Å². The summed E-state index contributed by atoms with van der Waals surface area (Å²) < 4.78 is 5.38. The maximum absolute atomic E-state index is 5.87. The van der Waals surface area contributed by atoms with Gasteiger partial charge in [-0.3, -0.25) is 4.90 Å². The summed E-state index contributed by atoms with van der Waals surface area (Å²) in [5.41, 5.74) is 5.87. The summed E-state index contributed by atoms with van der Waals surface area (Å²) in [5.74, 6) is 1.86. The zero-order valence-electron chi connectivity index (χ0n) is 11.4. The molecule has 0 saturated carbocycles. The Labute approximate surface area is 113 Å². The van der Waals surface area contributed by atoms with Gasteiger partial charge < -0.3 is 15.4 Å². The molecule has 6 nitrogen and oxygen atoms in total. The Bertz CT molecular complexity index is 453. The second-order valence-corrected chi connectivity index (χ2v) is 5.25. The topological polar surface area (TPSA) is 67.5 Å². The van der Waals surface area contributed by atoms with E-state index in [-0.39, 0.29) is 0 Å². The van der Waals surface area contributed by atoms with Gasteiger partial charge in [-0.25, -0.2) is 9.97 Å². The Kier molecular flexibility index (Phi) is 3.42. The number of ether oxygens (including phenoxy) is 1. The van der Waals surface area contributed by atoms with E-state index in [1.165, 1.54) is 32.3 Å². The first-order valence-corrected chi connectivity index (χ1v) is 6.93. The quantitative estimate of drug-likeness (QED) is 0.849. The number of nitrogens with two attached hydrogens (primary N) is 1. The molecule has 6 heteroatoms. The number of methoxy groups -OCH3 is 1. The van der Waals surface area contributed by atoms with E-state index < -0.39 is 0 Å². The molecule has 2 fully saturated rings. The number of nitrogen functional groups attached to an aromatic ring is 1. The van der Waals surface area contributed by atoms with Gasteiger partial charge in [-0.2, -0.15) is 0 Å². The minimum Gasteiger partial charge on any atom is -0.490 e. The van der Waals surface area contributed by atoms with Crippen molar-refractivity contribution in [2.45, 2.75) is 25.3 Å². The van der Waals surface area contributed by atoms with E-state index in [0.717, 1.165) is 25.3 Å². The van der Waals surface area contributed by atoms with Crippen molar-refractivity contribution in [3.05, 3.63) is 6.33 Å². The third-order valence-electron chi connectivity index (χ3n) is 4.12. The lowest BCUT2D eigenvalue weighted by molar-refractivity contribution is 0.273. The molecule has 0 aliphatic carbocycles. The Balaban J connectivity index is 1.87. The normalized spacial score (nSPS) is 24.1. The van der Waals surface area contributed by atoms with Crippen molar-refractivity contribution in [2.75, 3.05) is 43.9 Å². The molecule has 104 valence electrons. The molecule has 1 aromatic rings. The van der Waals surface area contributed by atoms with Crippen molar-refractivity contribution >= 4 is 11.6 Å². The molecule has 2 aliphatic rings. The highest BCUT2D eigenvalue weighted by Crippen LogP contribution is 2.32. The first kappa shape index (κ1) is 12.5. The van der Waals surface area contributed by atoms with Crippen LogP contribution in [0, 0.1) is 0 Å². The SMILES string of the molecule is COc1c(N)ncnc1N1CCCN2CCCC2C1. The van der Waals surface area contributed by atoms with Gasteiger partial charge in [-0.15, -0.1) is 0 Å². The van der Waals surface area contributed by atoms with Gasteiger partial charge in [0, 0.05) is 25.7 Å². The third kappa shape index (κ3) is 2.32. The zero-order valence-corrected chi connectivity index (χ0v) is 11.4. The van der Waals surface area contributed by atoms with Crippen LogP contribution < -0.4 is 15.4 Å². The Morgan fingerprint density at radius 1 is 1.26 bits per heavy atom. The van der Waals surface area contributed by atoms with Crippen LogP contribution in [0.2, 0.25) is 0 Å². The lowest BCUT2D eigenvalue weighted by Gasteiger charge is -2.27. The van der Waals surface area contributed by atoms with Gasteiger partial charge in [-0.05, 0) is 25.8 Å². The summed E-state index contributed by atoms with van der Waals surface area (Å²) in [5, 5.41) is 0. The van der Waals surface area contributed by atoms with Crippen LogP contribution in [0.25, 0.3) is 0 Å². The maximum Gasteiger partial charge on any atom is 0.204 e. The van der Waals surface area contributed by atoms with Crippen molar-refractivity contribution in [2.24, 2.45) is 0 Å². The van der Waals surface area contributed by atoms with Crippen LogP contribution >= 0.6 is 0 Å². The first-order chi connectivity index (χ1) is 9.29. The number of aromatic nitrogens is 2. The van der Waals surface area contributed by atoms with Crippen molar-refractivity contribution in [1.82, 2.24) is 14.9 Å². The van der Waals surface area contributed by atoms with Gasteiger partial charge in [0.15, 0.2) is 11.6 Å². The molecule has 0 bridgehead atoms. The summed E-state index contributed by atoms with van der Waals surface area (Å²) in [4.78, 5) is 13.3. The largest absolute Gasteiger partial charge is 0.490 e. The average Bonchev–Trinajstić information content (AvgIpc) is 2.76. The molecule has 2 aliphatic heterocycles. The highest BCUT2D eigenvalue weighted by atomic mass is 16.5. The Morgan fingerprint density at radius 3 is 2.95 bits per heavy atom. The number of fused-ring (bicyclic) bond motifs is 1.